The third kappa shape index (κ3) is 3.61. The van der Waals surface area contributed by atoms with E-state index >= 15 is 0 Å². The molecule has 0 N–H and O–H groups in total. The Balaban J connectivity index is 1.60. The molecule has 0 amide bonds. The molecule has 0 unspecified atom stereocenters. The summed E-state index contributed by atoms with van der Waals surface area (Å²) in [6.07, 6.45) is 0. The molecule has 0 aliphatic rings. The normalized spacial score (nSPS) is 11.2. The number of ketones is 1. The number of carbonyl (C=O) groups is 1. The van der Waals surface area contributed by atoms with Crippen LogP contribution >= 0.6 is 11.6 Å². The Bertz CT molecular complexity index is 1430. The van der Waals surface area contributed by atoms with Gasteiger partial charge in [0.2, 0.25) is 5.89 Å². The smallest absolute Gasteiger partial charge is 0.289 e. The number of hydrogen-bond acceptors (Lipinski definition) is 4. The fourth-order valence-corrected chi connectivity index (χ4v) is 4.10. The van der Waals surface area contributed by atoms with Crippen molar-refractivity contribution in [2.45, 2.75) is 20.4 Å². The van der Waals surface area contributed by atoms with Crippen LogP contribution in [-0.2, 0) is 6.54 Å². The number of benzene rings is 3. The lowest BCUT2D eigenvalue weighted by molar-refractivity contribution is 0.100. The molecule has 0 fully saturated rings. The summed E-state index contributed by atoms with van der Waals surface area (Å²) in [5, 5.41) is 9.71. The SMILES string of the molecule is Cc1ccc2c(c1)c(C(=O)c1nnc(-c3ccccc3)o1)c(C)n2Cc1ccc(Cl)cc1. The summed E-state index contributed by atoms with van der Waals surface area (Å²) in [6, 6.07) is 23.3. The van der Waals surface area contributed by atoms with Crippen molar-refractivity contribution < 1.29 is 9.21 Å². The van der Waals surface area contributed by atoms with Gasteiger partial charge in [-0.15, -0.1) is 10.2 Å². The maximum Gasteiger partial charge on any atom is 0.289 e. The summed E-state index contributed by atoms with van der Waals surface area (Å²) < 4.78 is 7.90. The molecular formula is C26H20ClN3O2. The van der Waals surface area contributed by atoms with Crippen LogP contribution in [0.4, 0.5) is 0 Å². The second-order valence-electron chi connectivity index (χ2n) is 7.80. The number of aromatic nitrogens is 3. The summed E-state index contributed by atoms with van der Waals surface area (Å²) in [4.78, 5) is 13.5. The van der Waals surface area contributed by atoms with Crippen LogP contribution in [0, 0.1) is 13.8 Å². The van der Waals surface area contributed by atoms with E-state index in [0.717, 1.165) is 33.3 Å². The van der Waals surface area contributed by atoms with Gasteiger partial charge in [-0.05, 0) is 55.8 Å². The van der Waals surface area contributed by atoms with Crippen molar-refractivity contribution in [1.82, 2.24) is 14.8 Å². The molecule has 5 rings (SSSR count). The molecule has 0 radical (unpaired) electrons. The average molecular weight is 442 g/mol. The van der Waals surface area contributed by atoms with Gasteiger partial charge < -0.3 is 8.98 Å². The maximum atomic E-state index is 13.5. The second kappa shape index (κ2) is 8.09. The first-order valence-electron chi connectivity index (χ1n) is 10.3. The Morgan fingerprint density at radius 3 is 2.47 bits per heavy atom. The zero-order chi connectivity index (χ0) is 22.2. The van der Waals surface area contributed by atoms with E-state index in [-0.39, 0.29) is 11.7 Å². The highest BCUT2D eigenvalue weighted by Gasteiger charge is 2.25. The molecule has 0 saturated heterocycles. The molecule has 2 heterocycles. The molecule has 5 nitrogen and oxygen atoms in total. The van der Waals surface area contributed by atoms with Crippen LogP contribution in [-0.4, -0.2) is 20.5 Å². The molecule has 0 bridgehead atoms. The number of nitrogens with zero attached hydrogens (tertiary/aromatic N) is 3. The Hall–Kier alpha value is -3.70. The Kier molecular flexibility index (Phi) is 5.11. The lowest BCUT2D eigenvalue weighted by Crippen LogP contribution is -2.06. The lowest BCUT2D eigenvalue weighted by atomic mass is 10.0. The van der Waals surface area contributed by atoms with Gasteiger partial charge >= 0.3 is 0 Å². The molecule has 0 atom stereocenters. The van der Waals surface area contributed by atoms with Gasteiger partial charge in [-0.2, -0.15) is 0 Å². The number of aryl methyl sites for hydroxylation is 1. The van der Waals surface area contributed by atoms with Crippen LogP contribution in [0.25, 0.3) is 22.4 Å². The minimum atomic E-state index is -0.275. The molecule has 0 saturated carbocycles. The van der Waals surface area contributed by atoms with Gasteiger partial charge in [-0.3, -0.25) is 4.79 Å². The topological polar surface area (TPSA) is 60.9 Å². The second-order valence-corrected chi connectivity index (χ2v) is 8.24. The summed E-state index contributed by atoms with van der Waals surface area (Å²) in [5.41, 5.74) is 5.36. The highest BCUT2D eigenvalue weighted by molar-refractivity contribution is 6.30. The maximum absolute atomic E-state index is 13.5. The van der Waals surface area contributed by atoms with Crippen molar-refractivity contribution in [2.24, 2.45) is 0 Å². The van der Waals surface area contributed by atoms with Gasteiger partial charge in [0.05, 0.1) is 5.56 Å². The van der Waals surface area contributed by atoms with E-state index in [1.54, 1.807) is 0 Å². The van der Waals surface area contributed by atoms with Crippen LogP contribution in [0.1, 0.15) is 33.1 Å². The summed E-state index contributed by atoms with van der Waals surface area (Å²) in [7, 11) is 0. The van der Waals surface area contributed by atoms with E-state index in [2.05, 4.69) is 20.8 Å². The number of carbonyl (C=O) groups excluding carboxylic acids is 1. The van der Waals surface area contributed by atoms with Crippen molar-refractivity contribution in [2.75, 3.05) is 0 Å². The van der Waals surface area contributed by atoms with Crippen molar-refractivity contribution in [3.05, 3.63) is 106 Å². The number of halogens is 1. The summed E-state index contributed by atoms with van der Waals surface area (Å²) >= 11 is 6.04. The van der Waals surface area contributed by atoms with Gasteiger partial charge in [-0.25, -0.2) is 0 Å². The molecule has 6 heteroatoms. The van der Waals surface area contributed by atoms with Crippen LogP contribution in [0.2, 0.25) is 5.02 Å². The fourth-order valence-electron chi connectivity index (χ4n) is 3.98. The molecule has 5 aromatic rings. The first-order valence-corrected chi connectivity index (χ1v) is 10.7. The molecule has 0 spiro atoms. The highest BCUT2D eigenvalue weighted by atomic mass is 35.5. The number of hydrogen-bond donors (Lipinski definition) is 0. The van der Waals surface area contributed by atoms with Gasteiger partial charge in [0.15, 0.2) is 0 Å². The molecule has 0 aliphatic carbocycles. The number of rotatable bonds is 5. The van der Waals surface area contributed by atoms with Crippen molar-refractivity contribution in [1.29, 1.82) is 0 Å². The highest BCUT2D eigenvalue weighted by Crippen LogP contribution is 2.30. The Morgan fingerprint density at radius 2 is 1.72 bits per heavy atom. The molecule has 158 valence electrons. The summed E-state index contributed by atoms with van der Waals surface area (Å²) in [6.45, 7) is 4.58. The van der Waals surface area contributed by atoms with E-state index in [4.69, 9.17) is 16.0 Å². The lowest BCUT2D eigenvalue weighted by Gasteiger charge is -2.09. The third-order valence-electron chi connectivity index (χ3n) is 5.60. The van der Waals surface area contributed by atoms with Crippen molar-refractivity contribution in [3.63, 3.8) is 0 Å². The largest absolute Gasteiger partial charge is 0.413 e. The minimum absolute atomic E-state index is 0.0148. The first-order chi connectivity index (χ1) is 15.5. The summed E-state index contributed by atoms with van der Waals surface area (Å²) in [5.74, 6) is 0.0364. The van der Waals surface area contributed by atoms with E-state index in [9.17, 15) is 4.79 Å². The fraction of sp³-hybridized carbons (Fsp3) is 0.115. The first kappa shape index (κ1) is 20.2. The molecule has 32 heavy (non-hydrogen) atoms. The quantitative estimate of drug-likeness (QED) is 0.303. The minimum Gasteiger partial charge on any atom is -0.413 e. The van der Waals surface area contributed by atoms with Gasteiger partial charge in [0, 0.05) is 33.7 Å². The predicted molar refractivity (Wildman–Crippen MR) is 125 cm³/mol. The van der Waals surface area contributed by atoms with E-state index in [1.807, 2.05) is 80.6 Å². The Morgan fingerprint density at radius 1 is 0.969 bits per heavy atom. The average Bonchev–Trinajstić information content (AvgIpc) is 3.39. The molecule has 2 aromatic heterocycles. The van der Waals surface area contributed by atoms with Gasteiger partial charge in [0.1, 0.15) is 0 Å². The zero-order valence-corrected chi connectivity index (χ0v) is 18.4. The van der Waals surface area contributed by atoms with Crippen molar-refractivity contribution >= 4 is 28.3 Å². The van der Waals surface area contributed by atoms with Gasteiger partial charge in [0.25, 0.3) is 11.7 Å². The van der Waals surface area contributed by atoms with Crippen LogP contribution in [0.5, 0.6) is 0 Å². The molecule has 3 aromatic carbocycles. The monoisotopic (exact) mass is 441 g/mol. The van der Waals surface area contributed by atoms with Crippen LogP contribution < -0.4 is 0 Å². The predicted octanol–water partition coefficient (Wildman–Crippen LogP) is 6.24. The zero-order valence-electron chi connectivity index (χ0n) is 17.7. The Labute approximate surface area is 190 Å². The molecular weight excluding hydrogens is 422 g/mol. The van der Waals surface area contributed by atoms with Crippen LogP contribution in [0.3, 0.4) is 0 Å². The van der Waals surface area contributed by atoms with E-state index in [0.29, 0.717) is 23.0 Å². The standard InChI is InChI=1S/C26H20ClN3O2/c1-16-8-13-22-21(14-16)23(17(2)30(22)15-18-9-11-20(27)12-10-18)24(31)26-29-28-25(32-26)19-6-4-3-5-7-19/h3-14H,15H2,1-2H3. The van der Waals surface area contributed by atoms with Gasteiger partial charge in [-0.1, -0.05) is 53.6 Å². The number of fused-ring (bicyclic) bond motifs is 1. The van der Waals surface area contributed by atoms with E-state index < -0.39 is 0 Å². The molecule has 0 aliphatic heterocycles. The van der Waals surface area contributed by atoms with Crippen molar-refractivity contribution in [3.8, 4) is 11.5 Å². The third-order valence-corrected chi connectivity index (χ3v) is 5.85. The van der Waals surface area contributed by atoms with Crippen LogP contribution in [0.15, 0.2) is 77.2 Å². The van der Waals surface area contributed by atoms with E-state index in [1.165, 1.54) is 0 Å².